The van der Waals surface area contributed by atoms with Crippen LogP contribution in [0.2, 0.25) is 0 Å². The highest BCUT2D eigenvalue weighted by Crippen LogP contribution is 2.33. The second-order valence-corrected chi connectivity index (χ2v) is 11.7. The number of aromatic nitrogens is 1. The highest BCUT2D eigenvalue weighted by Gasteiger charge is 2.46. The standard InChI is InChI=1S/C34H38FN5O7/c35-29-15-16-31(39(45)21-29)36-32(42)30-17-18-38(34(44)46-22-26-11-3-1-4-12-26)40(30)33(43)28(19-25-9-7-8-10-25)20-37(24-41)47-23-27-13-5-2-6-14-27/h1-6,11-16,21,24-25,28,30,45H,7-10,17-20,22-23H2/t28-,30?/m1/s1. The van der Waals surface area contributed by atoms with Gasteiger partial charge in [0.25, 0.3) is 5.91 Å². The molecule has 0 radical (unpaired) electrons. The van der Waals surface area contributed by atoms with E-state index in [1.165, 1.54) is 0 Å². The van der Waals surface area contributed by atoms with E-state index in [9.17, 15) is 28.8 Å². The number of nitrogens with zero attached hydrogens (tertiary/aromatic N) is 5. The molecule has 5 rings (SSSR count). The summed E-state index contributed by atoms with van der Waals surface area (Å²) in [5.74, 6) is -2.75. The van der Waals surface area contributed by atoms with Crippen molar-refractivity contribution in [3.05, 3.63) is 101 Å². The third-order valence-electron chi connectivity index (χ3n) is 8.39. The highest BCUT2D eigenvalue weighted by molar-refractivity contribution is 5.91. The monoisotopic (exact) mass is 647 g/mol. The predicted octanol–water partition coefficient (Wildman–Crippen LogP) is 4.23. The van der Waals surface area contributed by atoms with Gasteiger partial charge in [0.1, 0.15) is 25.1 Å². The number of hydrogen-bond acceptors (Lipinski definition) is 7. The van der Waals surface area contributed by atoms with E-state index in [2.05, 4.69) is 4.99 Å². The van der Waals surface area contributed by atoms with Gasteiger partial charge >= 0.3 is 6.09 Å². The van der Waals surface area contributed by atoms with Gasteiger partial charge in [-0.2, -0.15) is 9.72 Å². The zero-order chi connectivity index (χ0) is 33.2. The van der Waals surface area contributed by atoms with Crippen LogP contribution in [-0.2, 0) is 37.2 Å². The number of rotatable bonds is 12. The number of benzene rings is 2. The Morgan fingerprint density at radius 1 is 0.957 bits per heavy atom. The second-order valence-electron chi connectivity index (χ2n) is 11.7. The zero-order valence-electron chi connectivity index (χ0n) is 25.9. The maximum absolute atomic E-state index is 14.5. The number of carbonyl (C=O) groups excluding carboxylic acids is 4. The molecule has 2 atom stereocenters. The first-order valence-corrected chi connectivity index (χ1v) is 15.7. The third kappa shape index (κ3) is 8.82. The lowest BCUT2D eigenvalue weighted by Gasteiger charge is -2.34. The number of ether oxygens (including phenoxy) is 1. The minimum absolute atomic E-state index is 0.0219. The number of hydrazine groups is 1. The Bertz CT molecular complexity index is 1600. The molecule has 1 unspecified atom stereocenters. The fraction of sp³-hybridized carbons (Fsp3) is 0.382. The van der Waals surface area contributed by atoms with Gasteiger partial charge in [0.15, 0.2) is 5.49 Å². The summed E-state index contributed by atoms with van der Waals surface area (Å²) in [5.41, 5.74) is 1.32. The molecule has 1 saturated carbocycles. The van der Waals surface area contributed by atoms with Crippen LogP contribution in [0.25, 0.3) is 0 Å². The zero-order valence-corrected chi connectivity index (χ0v) is 25.9. The van der Waals surface area contributed by atoms with Crippen molar-refractivity contribution in [1.82, 2.24) is 19.8 Å². The molecule has 2 aromatic carbocycles. The van der Waals surface area contributed by atoms with Crippen molar-refractivity contribution in [3.63, 3.8) is 0 Å². The number of pyridine rings is 1. The maximum Gasteiger partial charge on any atom is 0.429 e. The van der Waals surface area contributed by atoms with Gasteiger partial charge < -0.3 is 9.94 Å². The van der Waals surface area contributed by atoms with Crippen LogP contribution in [0.4, 0.5) is 9.18 Å². The van der Waals surface area contributed by atoms with Crippen molar-refractivity contribution in [2.45, 2.75) is 57.8 Å². The summed E-state index contributed by atoms with van der Waals surface area (Å²) in [5, 5.41) is 13.3. The van der Waals surface area contributed by atoms with Gasteiger partial charge in [-0.05, 0) is 42.0 Å². The van der Waals surface area contributed by atoms with Crippen molar-refractivity contribution >= 4 is 24.3 Å². The van der Waals surface area contributed by atoms with E-state index in [1.807, 2.05) is 36.4 Å². The molecule has 2 heterocycles. The third-order valence-corrected chi connectivity index (χ3v) is 8.39. The average molecular weight is 648 g/mol. The first-order chi connectivity index (χ1) is 22.8. The van der Waals surface area contributed by atoms with E-state index in [4.69, 9.17) is 9.57 Å². The van der Waals surface area contributed by atoms with Crippen molar-refractivity contribution in [2.75, 3.05) is 13.1 Å². The van der Waals surface area contributed by atoms with E-state index >= 15 is 0 Å². The average Bonchev–Trinajstić information content (AvgIpc) is 3.77. The van der Waals surface area contributed by atoms with Crippen LogP contribution in [0.3, 0.4) is 0 Å². The molecule has 1 aromatic heterocycles. The summed E-state index contributed by atoms with van der Waals surface area (Å²) in [6.45, 7) is -0.0863. The molecule has 2 aliphatic rings. The predicted molar refractivity (Wildman–Crippen MR) is 165 cm³/mol. The summed E-state index contributed by atoms with van der Waals surface area (Å²) >= 11 is 0. The maximum atomic E-state index is 14.5. The van der Waals surface area contributed by atoms with Crippen LogP contribution >= 0.6 is 0 Å². The van der Waals surface area contributed by atoms with Gasteiger partial charge in [0.05, 0.1) is 18.7 Å². The number of halogens is 1. The fourth-order valence-electron chi connectivity index (χ4n) is 6.01. The SMILES string of the molecule is O=CN(C[C@@H](CC1CCCC1)C(=O)N1C(C(=O)N=c2ccc(F)cn2O)CCN1C(=O)OCc1ccccc1)OCc1ccccc1. The second kappa shape index (κ2) is 16.0. The first kappa shape index (κ1) is 33.3. The molecule has 2 fully saturated rings. The van der Waals surface area contributed by atoms with Gasteiger partial charge in [-0.15, -0.1) is 0 Å². The quantitative estimate of drug-likeness (QED) is 0.177. The minimum Gasteiger partial charge on any atom is -0.443 e. The summed E-state index contributed by atoms with van der Waals surface area (Å²) in [7, 11) is 0. The molecule has 248 valence electrons. The van der Waals surface area contributed by atoms with Crippen molar-refractivity contribution in [3.8, 4) is 0 Å². The van der Waals surface area contributed by atoms with Crippen LogP contribution in [0.5, 0.6) is 0 Å². The van der Waals surface area contributed by atoms with Crippen LogP contribution in [-0.4, -0.2) is 68.5 Å². The lowest BCUT2D eigenvalue weighted by atomic mass is 9.92. The van der Waals surface area contributed by atoms with Gasteiger partial charge in [0, 0.05) is 6.54 Å². The van der Waals surface area contributed by atoms with E-state index in [-0.39, 0.29) is 44.1 Å². The molecule has 0 bridgehead atoms. The Labute approximate surface area is 271 Å². The number of hydrogen-bond donors (Lipinski definition) is 1. The Balaban J connectivity index is 1.42. The largest absolute Gasteiger partial charge is 0.443 e. The van der Waals surface area contributed by atoms with E-state index in [0.29, 0.717) is 17.6 Å². The molecule has 1 aliphatic heterocycles. The number of carbonyl (C=O) groups is 4. The van der Waals surface area contributed by atoms with Gasteiger partial charge in [-0.1, -0.05) is 86.3 Å². The normalized spacial score (nSPS) is 17.5. The number of amides is 4. The molecular weight excluding hydrogens is 609 g/mol. The van der Waals surface area contributed by atoms with Crippen molar-refractivity contribution < 1.29 is 38.4 Å². The van der Waals surface area contributed by atoms with Crippen LogP contribution in [0, 0.1) is 17.7 Å². The van der Waals surface area contributed by atoms with Crippen LogP contribution < -0.4 is 5.49 Å². The van der Waals surface area contributed by atoms with E-state index in [1.54, 1.807) is 24.3 Å². The summed E-state index contributed by atoms with van der Waals surface area (Å²) in [6, 6.07) is 19.2. The van der Waals surface area contributed by atoms with Gasteiger partial charge in [0.2, 0.25) is 12.3 Å². The molecule has 1 aliphatic carbocycles. The topological polar surface area (TPSA) is 134 Å². The lowest BCUT2D eigenvalue weighted by molar-refractivity contribution is -0.185. The summed E-state index contributed by atoms with van der Waals surface area (Å²) < 4.78 is 19.5. The molecule has 13 heteroatoms. The highest BCUT2D eigenvalue weighted by atomic mass is 19.1. The Morgan fingerprint density at radius 2 is 1.62 bits per heavy atom. The Hall–Kier alpha value is -5.04. The molecule has 47 heavy (non-hydrogen) atoms. The molecule has 0 spiro atoms. The van der Waals surface area contributed by atoms with Crippen LogP contribution in [0.15, 0.2) is 84.0 Å². The van der Waals surface area contributed by atoms with Crippen LogP contribution in [0.1, 0.15) is 49.7 Å². The van der Waals surface area contributed by atoms with Gasteiger partial charge in [-0.25, -0.2) is 24.3 Å². The molecule has 1 saturated heterocycles. The summed E-state index contributed by atoms with van der Waals surface area (Å²) in [4.78, 5) is 63.4. The van der Waals surface area contributed by atoms with E-state index in [0.717, 1.165) is 70.2 Å². The van der Waals surface area contributed by atoms with Crippen molar-refractivity contribution in [2.24, 2.45) is 16.8 Å². The molecule has 12 nitrogen and oxygen atoms in total. The fourth-order valence-corrected chi connectivity index (χ4v) is 6.01. The molecule has 1 N–H and O–H groups in total. The van der Waals surface area contributed by atoms with Crippen molar-refractivity contribution in [1.29, 1.82) is 0 Å². The lowest BCUT2D eigenvalue weighted by Crippen LogP contribution is -2.54. The Kier molecular flexibility index (Phi) is 11.3. The number of hydroxylamine groups is 2. The first-order valence-electron chi connectivity index (χ1n) is 15.7. The minimum atomic E-state index is -1.22. The molecular formula is C34H38FN5O7. The molecule has 3 aromatic rings. The van der Waals surface area contributed by atoms with Gasteiger partial charge in [-0.3, -0.25) is 19.2 Å². The summed E-state index contributed by atoms with van der Waals surface area (Å²) in [6.07, 6.45) is 4.76. The van der Waals surface area contributed by atoms with E-state index < -0.39 is 35.7 Å². The molecule has 4 amide bonds. The smallest absolute Gasteiger partial charge is 0.429 e. The Morgan fingerprint density at radius 3 is 2.26 bits per heavy atom.